The molecule has 7 rings (SSSR count). The second-order valence-corrected chi connectivity index (χ2v) is 10.4. The van der Waals surface area contributed by atoms with E-state index >= 15 is 0 Å². The van der Waals surface area contributed by atoms with Gasteiger partial charge in [0.25, 0.3) is 0 Å². The summed E-state index contributed by atoms with van der Waals surface area (Å²) in [6.45, 7) is 8.50. The van der Waals surface area contributed by atoms with Gasteiger partial charge in [0.05, 0.1) is 19.8 Å². The lowest BCUT2D eigenvalue weighted by Gasteiger charge is -2.46. The number of hydrogen-bond donors (Lipinski definition) is 0. The van der Waals surface area contributed by atoms with Gasteiger partial charge in [-0.05, 0) is 38.5 Å². The van der Waals surface area contributed by atoms with E-state index in [1.807, 2.05) is 0 Å². The van der Waals surface area contributed by atoms with Crippen LogP contribution in [0.4, 0.5) is 0 Å². The van der Waals surface area contributed by atoms with Gasteiger partial charge in [-0.3, -0.25) is 0 Å². The Hall–Kier alpha value is -1.50. The number of hydrogen-bond acceptors (Lipinski definition) is 6. The number of ether oxygens (including phenoxy) is 6. The molecule has 3 saturated heterocycles. The SMILES string of the molecule is C[C@@]12OCC[C@@H]1Cc1c(c3c(c4c1O[C@@]1(C)OCC[C@H]1C4)O[C@@]1(C)OCC[C@H]1C3)O2. The van der Waals surface area contributed by atoms with Gasteiger partial charge in [0.1, 0.15) is 17.2 Å². The van der Waals surface area contributed by atoms with Gasteiger partial charge in [-0.15, -0.1) is 0 Å². The maximum atomic E-state index is 6.67. The summed E-state index contributed by atoms with van der Waals surface area (Å²) in [4.78, 5) is 0. The molecule has 6 aliphatic rings. The van der Waals surface area contributed by atoms with E-state index in [9.17, 15) is 0 Å². The molecule has 0 bridgehead atoms. The zero-order chi connectivity index (χ0) is 20.3. The average molecular weight is 414 g/mol. The monoisotopic (exact) mass is 414 g/mol. The first kappa shape index (κ1) is 18.1. The van der Waals surface area contributed by atoms with Crippen molar-refractivity contribution in [2.45, 2.75) is 76.7 Å². The summed E-state index contributed by atoms with van der Waals surface area (Å²) in [6.07, 6.45) is 5.80. The Bertz CT molecular complexity index is 804. The van der Waals surface area contributed by atoms with Gasteiger partial charge in [-0.25, -0.2) is 0 Å². The van der Waals surface area contributed by atoms with E-state index in [2.05, 4.69) is 20.8 Å². The highest BCUT2D eigenvalue weighted by Crippen LogP contribution is 2.59. The van der Waals surface area contributed by atoms with Crippen molar-refractivity contribution < 1.29 is 28.4 Å². The fourth-order valence-electron chi connectivity index (χ4n) is 6.68. The van der Waals surface area contributed by atoms with E-state index in [0.717, 1.165) is 75.6 Å². The first-order valence-electron chi connectivity index (χ1n) is 11.6. The van der Waals surface area contributed by atoms with Gasteiger partial charge in [-0.2, -0.15) is 0 Å². The summed E-state index contributed by atoms with van der Waals surface area (Å²) in [6, 6.07) is 0. The van der Waals surface area contributed by atoms with E-state index in [-0.39, 0.29) is 0 Å². The quantitative estimate of drug-likeness (QED) is 0.645. The molecule has 6 heterocycles. The maximum absolute atomic E-state index is 6.67. The molecule has 6 nitrogen and oxygen atoms in total. The molecular formula is C24H30O6. The topological polar surface area (TPSA) is 55.4 Å². The third-order valence-electron chi connectivity index (χ3n) is 8.70. The molecule has 0 saturated carbocycles. The van der Waals surface area contributed by atoms with Gasteiger partial charge in [-0.1, -0.05) is 0 Å². The van der Waals surface area contributed by atoms with Gasteiger partial charge in [0, 0.05) is 55.2 Å². The van der Waals surface area contributed by atoms with Gasteiger partial charge in [0.2, 0.25) is 17.4 Å². The standard InChI is InChI=1S/C24H30O6/c1-22-13(4-7-25-22)10-16-19(28-22)17-11-14-5-8-26-23(14,2)30-21(17)18-12-15-6-9-27-24(15,3)29-20(16)18/h13-15H,4-12H2,1-3H3/t13-,14-,15+,22+,23+,24-/m0/s1. The molecule has 6 heteroatoms. The van der Waals surface area contributed by atoms with Crippen LogP contribution in [-0.2, 0) is 33.5 Å². The Balaban J connectivity index is 1.44. The zero-order valence-electron chi connectivity index (χ0n) is 18.0. The fraction of sp³-hybridized carbons (Fsp3) is 0.750. The lowest BCUT2D eigenvalue weighted by Crippen LogP contribution is -2.48. The van der Waals surface area contributed by atoms with Crippen molar-refractivity contribution in [3.8, 4) is 17.2 Å². The largest absolute Gasteiger partial charge is 0.461 e. The van der Waals surface area contributed by atoms with E-state index in [1.165, 1.54) is 16.7 Å². The normalized spacial score (nSPS) is 45.1. The van der Waals surface area contributed by atoms with Crippen LogP contribution in [0.3, 0.4) is 0 Å². The molecule has 0 aromatic heterocycles. The summed E-state index contributed by atoms with van der Waals surface area (Å²) in [7, 11) is 0. The van der Waals surface area contributed by atoms with Crippen LogP contribution in [0.1, 0.15) is 56.7 Å². The number of benzene rings is 1. The Morgan fingerprint density at radius 1 is 0.533 bits per heavy atom. The van der Waals surface area contributed by atoms with Crippen LogP contribution in [0.2, 0.25) is 0 Å². The van der Waals surface area contributed by atoms with Crippen molar-refractivity contribution >= 4 is 0 Å². The summed E-state index contributed by atoms with van der Waals surface area (Å²) in [5, 5.41) is 0. The molecule has 0 N–H and O–H groups in total. The summed E-state index contributed by atoms with van der Waals surface area (Å²) >= 11 is 0. The van der Waals surface area contributed by atoms with Crippen LogP contribution in [0.5, 0.6) is 17.2 Å². The van der Waals surface area contributed by atoms with Crippen LogP contribution < -0.4 is 14.2 Å². The molecular weight excluding hydrogens is 384 g/mol. The van der Waals surface area contributed by atoms with Crippen molar-refractivity contribution in [3.05, 3.63) is 16.7 Å². The number of rotatable bonds is 0. The van der Waals surface area contributed by atoms with E-state index in [4.69, 9.17) is 28.4 Å². The van der Waals surface area contributed by atoms with E-state index < -0.39 is 17.4 Å². The van der Waals surface area contributed by atoms with E-state index in [1.54, 1.807) is 0 Å². The van der Waals surface area contributed by atoms with Gasteiger partial charge >= 0.3 is 0 Å². The van der Waals surface area contributed by atoms with Crippen LogP contribution in [0.25, 0.3) is 0 Å². The molecule has 6 aliphatic heterocycles. The molecule has 0 radical (unpaired) electrons. The Labute approximate surface area is 177 Å². The smallest absolute Gasteiger partial charge is 0.210 e. The van der Waals surface area contributed by atoms with Crippen molar-refractivity contribution in [1.29, 1.82) is 0 Å². The first-order chi connectivity index (χ1) is 14.4. The van der Waals surface area contributed by atoms with E-state index in [0.29, 0.717) is 17.8 Å². The molecule has 0 unspecified atom stereocenters. The Morgan fingerprint density at radius 3 is 1.13 bits per heavy atom. The lowest BCUT2D eigenvalue weighted by atomic mass is 9.78. The molecule has 1 aromatic carbocycles. The minimum absolute atomic E-state index is 0.343. The summed E-state index contributed by atoms with van der Waals surface area (Å²) < 4.78 is 38.2. The Morgan fingerprint density at radius 2 is 0.833 bits per heavy atom. The molecule has 0 aliphatic carbocycles. The third-order valence-corrected chi connectivity index (χ3v) is 8.70. The molecule has 3 fully saturated rings. The average Bonchev–Trinajstić information content (AvgIpc) is 3.38. The molecule has 30 heavy (non-hydrogen) atoms. The second kappa shape index (κ2) is 5.64. The van der Waals surface area contributed by atoms with Crippen molar-refractivity contribution in [2.75, 3.05) is 19.8 Å². The van der Waals surface area contributed by atoms with Gasteiger partial charge in [0.15, 0.2) is 0 Å². The lowest BCUT2D eigenvalue weighted by molar-refractivity contribution is -0.181. The molecule has 6 atom stereocenters. The third kappa shape index (κ3) is 2.20. The fourth-order valence-corrected chi connectivity index (χ4v) is 6.68. The maximum Gasteiger partial charge on any atom is 0.210 e. The van der Waals surface area contributed by atoms with Crippen LogP contribution in [0, 0.1) is 17.8 Å². The number of fused-ring (bicyclic) bond motifs is 9. The minimum Gasteiger partial charge on any atom is -0.461 e. The predicted molar refractivity (Wildman–Crippen MR) is 107 cm³/mol. The predicted octanol–water partition coefficient (Wildman–Crippen LogP) is 3.75. The first-order valence-corrected chi connectivity index (χ1v) is 11.6. The molecule has 0 amide bonds. The van der Waals surface area contributed by atoms with Crippen molar-refractivity contribution in [3.63, 3.8) is 0 Å². The molecule has 0 spiro atoms. The highest BCUT2D eigenvalue weighted by molar-refractivity contribution is 5.66. The van der Waals surface area contributed by atoms with Crippen LogP contribution in [0.15, 0.2) is 0 Å². The minimum atomic E-state index is -0.563. The van der Waals surface area contributed by atoms with Crippen LogP contribution in [-0.4, -0.2) is 37.2 Å². The highest BCUT2D eigenvalue weighted by atomic mass is 16.7. The molecule has 1 aromatic rings. The second-order valence-electron chi connectivity index (χ2n) is 10.4. The van der Waals surface area contributed by atoms with Crippen molar-refractivity contribution in [2.24, 2.45) is 17.8 Å². The zero-order valence-corrected chi connectivity index (χ0v) is 18.0. The highest BCUT2D eigenvalue weighted by Gasteiger charge is 2.55. The summed E-state index contributed by atoms with van der Waals surface area (Å²) in [5.74, 6) is 2.13. The summed E-state index contributed by atoms with van der Waals surface area (Å²) in [5.41, 5.74) is 3.58. The Kier molecular flexibility index (Phi) is 3.41. The van der Waals surface area contributed by atoms with Crippen LogP contribution >= 0.6 is 0 Å². The van der Waals surface area contributed by atoms with Crippen molar-refractivity contribution in [1.82, 2.24) is 0 Å². The van der Waals surface area contributed by atoms with Gasteiger partial charge < -0.3 is 28.4 Å². The molecule has 162 valence electrons.